The Balaban J connectivity index is 3.02. The molecule has 0 saturated carbocycles. The van der Waals surface area contributed by atoms with Crippen LogP contribution in [0.4, 0.5) is 0 Å². The van der Waals surface area contributed by atoms with Crippen molar-refractivity contribution in [2.24, 2.45) is 0 Å². The van der Waals surface area contributed by atoms with E-state index in [2.05, 4.69) is 5.92 Å². The maximum atomic E-state index is 11.8. The van der Waals surface area contributed by atoms with Crippen LogP contribution in [-0.2, 0) is 10.0 Å². The zero-order chi connectivity index (χ0) is 10.8. The van der Waals surface area contributed by atoms with Gasteiger partial charge in [0.25, 0.3) is 0 Å². The summed E-state index contributed by atoms with van der Waals surface area (Å²) in [6, 6.07) is 0. The van der Waals surface area contributed by atoms with Gasteiger partial charge in [-0.1, -0.05) is 12.8 Å². The topological polar surface area (TPSA) is 37.4 Å². The minimum absolute atomic E-state index is 0.240. The molecular weight excluding hydrogens is 198 g/mol. The summed E-state index contributed by atoms with van der Waals surface area (Å²) < 4.78 is 25.0. The maximum Gasteiger partial charge on any atom is 0.215 e. The van der Waals surface area contributed by atoms with Gasteiger partial charge in [-0.05, 0) is 26.2 Å². The van der Waals surface area contributed by atoms with E-state index in [-0.39, 0.29) is 5.75 Å². The molecule has 1 rings (SSSR count). The van der Waals surface area contributed by atoms with E-state index in [4.69, 9.17) is 6.42 Å². The predicted molar refractivity (Wildman–Crippen MR) is 57.3 cm³/mol. The molecule has 1 atom stereocenters. The van der Waals surface area contributed by atoms with Gasteiger partial charge in [-0.3, -0.25) is 0 Å². The fraction of sp³-hybridized carbons (Fsp3) is 0.800. The summed E-state index contributed by atoms with van der Waals surface area (Å²) in [5, 5.41) is 0. The van der Waals surface area contributed by atoms with E-state index < -0.39 is 15.6 Å². The van der Waals surface area contributed by atoms with Crippen LogP contribution >= 0.6 is 0 Å². The summed E-state index contributed by atoms with van der Waals surface area (Å²) in [4.78, 5) is 0. The highest BCUT2D eigenvalue weighted by Gasteiger charge is 2.38. The molecule has 1 aliphatic rings. The number of hydrogen-bond acceptors (Lipinski definition) is 2. The Morgan fingerprint density at radius 2 is 2.14 bits per heavy atom. The SMILES string of the molecule is C#CC(C)(CC)N1CCCCS1(=O)=O. The quantitative estimate of drug-likeness (QED) is 0.649. The zero-order valence-corrected chi connectivity index (χ0v) is 9.60. The third kappa shape index (κ3) is 1.94. The summed E-state index contributed by atoms with van der Waals surface area (Å²) in [6.07, 6.45) is 7.74. The summed E-state index contributed by atoms with van der Waals surface area (Å²) >= 11 is 0. The lowest BCUT2D eigenvalue weighted by atomic mass is 10.00. The first-order valence-corrected chi connectivity index (χ1v) is 6.55. The van der Waals surface area contributed by atoms with Gasteiger partial charge in [0.05, 0.1) is 11.3 Å². The lowest BCUT2D eigenvalue weighted by molar-refractivity contribution is 0.250. The van der Waals surface area contributed by atoms with Crippen molar-refractivity contribution in [2.75, 3.05) is 12.3 Å². The maximum absolute atomic E-state index is 11.8. The molecule has 1 saturated heterocycles. The molecule has 1 heterocycles. The van der Waals surface area contributed by atoms with Crippen LogP contribution in [0.2, 0.25) is 0 Å². The lowest BCUT2D eigenvalue weighted by Crippen LogP contribution is -2.51. The largest absolute Gasteiger partial charge is 0.215 e. The molecule has 0 aromatic heterocycles. The molecule has 4 heteroatoms. The van der Waals surface area contributed by atoms with Crippen LogP contribution in [-0.4, -0.2) is 30.6 Å². The van der Waals surface area contributed by atoms with Crippen LogP contribution in [0, 0.1) is 12.3 Å². The van der Waals surface area contributed by atoms with Gasteiger partial charge < -0.3 is 0 Å². The van der Waals surface area contributed by atoms with Crippen LogP contribution in [0.15, 0.2) is 0 Å². The van der Waals surface area contributed by atoms with E-state index in [1.54, 1.807) is 0 Å². The van der Waals surface area contributed by atoms with Crippen LogP contribution in [0.25, 0.3) is 0 Å². The smallest absolute Gasteiger partial charge is 0.212 e. The molecule has 0 aliphatic carbocycles. The lowest BCUT2D eigenvalue weighted by Gasteiger charge is -2.38. The van der Waals surface area contributed by atoms with E-state index in [0.717, 1.165) is 12.8 Å². The highest BCUT2D eigenvalue weighted by molar-refractivity contribution is 7.89. The number of nitrogens with zero attached hydrogens (tertiary/aromatic N) is 1. The fourth-order valence-corrected chi connectivity index (χ4v) is 3.69. The molecule has 0 N–H and O–H groups in total. The average Bonchev–Trinajstić information content (AvgIpc) is 2.16. The average molecular weight is 215 g/mol. The van der Waals surface area contributed by atoms with Crippen molar-refractivity contribution in [1.82, 2.24) is 4.31 Å². The van der Waals surface area contributed by atoms with Gasteiger partial charge in [0.2, 0.25) is 10.0 Å². The van der Waals surface area contributed by atoms with Crippen molar-refractivity contribution in [3.05, 3.63) is 0 Å². The molecule has 1 fully saturated rings. The highest BCUT2D eigenvalue weighted by Crippen LogP contribution is 2.26. The van der Waals surface area contributed by atoms with E-state index in [1.807, 2.05) is 13.8 Å². The van der Waals surface area contributed by atoms with Crippen LogP contribution in [0.3, 0.4) is 0 Å². The van der Waals surface area contributed by atoms with Crippen molar-refractivity contribution >= 4 is 10.0 Å². The zero-order valence-electron chi connectivity index (χ0n) is 8.78. The highest BCUT2D eigenvalue weighted by atomic mass is 32.2. The van der Waals surface area contributed by atoms with E-state index in [0.29, 0.717) is 13.0 Å². The molecule has 3 nitrogen and oxygen atoms in total. The summed E-state index contributed by atoms with van der Waals surface area (Å²) in [5.41, 5.74) is -0.640. The molecule has 1 unspecified atom stereocenters. The standard InChI is InChI=1S/C10H17NO2S/c1-4-10(3,5-2)11-8-6-7-9-14(11,12)13/h1H,5-9H2,2-3H3. The Hall–Kier alpha value is -0.530. The molecule has 0 amide bonds. The van der Waals surface area contributed by atoms with Crippen LogP contribution in [0.1, 0.15) is 33.1 Å². The molecule has 0 radical (unpaired) electrons. The molecule has 0 spiro atoms. The summed E-state index contributed by atoms with van der Waals surface area (Å²) in [5.74, 6) is 2.84. The Bertz CT molecular complexity index is 342. The Morgan fingerprint density at radius 1 is 1.50 bits per heavy atom. The second-order valence-corrected chi connectivity index (χ2v) is 5.88. The van der Waals surface area contributed by atoms with E-state index in [9.17, 15) is 8.42 Å². The molecule has 80 valence electrons. The van der Waals surface area contributed by atoms with Gasteiger partial charge in [-0.25, -0.2) is 8.42 Å². The summed E-state index contributed by atoms with van der Waals surface area (Å²) in [7, 11) is -3.11. The predicted octanol–water partition coefficient (Wildman–Crippen LogP) is 1.21. The van der Waals surface area contributed by atoms with Crippen molar-refractivity contribution in [3.8, 4) is 12.3 Å². The molecule has 14 heavy (non-hydrogen) atoms. The first-order chi connectivity index (χ1) is 6.46. The molecule has 0 bridgehead atoms. The van der Waals surface area contributed by atoms with Crippen LogP contribution < -0.4 is 0 Å². The van der Waals surface area contributed by atoms with Gasteiger partial charge in [0.1, 0.15) is 0 Å². The number of rotatable bonds is 2. The first kappa shape index (κ1) is 11.5. The monoisotopic (exact) mass is 215 g/mol. The number of sulfonamides is 1. The summed E-state index contributed by atoms with van der Waals surface area (Å²) in [6.45, 7) is 4.30. The number of hydrogen-bond donors (Lipinski definition) is 0. The molecule has 0 aromatic rings. The third-order valence-electron chi connectivity index (χ3n) is 2.90. The fourth-order valence-electron chi connectivity index (χ4n) is 1.69. The van der Waals surface area contributed by atoms with Gasteiger partial charge >= 0.3 is 0 Å². The Morgan fingerprint density at radius 3 is 2.57 bits per heavy atom. The van der Waals surface area contributed by atoms with Crippen molar-refractivity contribution in [2.45, 2.75) is 38.6 Å². The number of terminal acetylenes is 1. The van der Waals surface area contributed by atoms with E-state index >= 15 is 0 Å². The van der Waals surface area contributed by atoms with Gasteiger partial charge in [-0.2, -0.15) is 4.31 Å². The van der Waals surface area contributed by atoms with Crippen molar-refractivity contribution < 1.29 is 8.42 Å². The van der Waals surface area contributed by atoms with E-state index in [1.165, 1.54) is 4.31 Å². The normalized spacial score (nSPS) is 26.4. The molecule has 1 aliphatic heterocycles. The van der Waals surface area contributed by atoms with Gasteiger partial charge in [0, 0.05) is 6.54 Å². The van der Waals surface area contributed by atoms with Crippen LogP contribution in [0.5, 0.6) is 0 Å². The Kier molecular flexibility index (Phi) is 3.23. The van der Waals surface area contributed by atoms with Gasteiger partial charge in [-0.15, -0.1) is 6.42 Å². The van der Waals surface area contributed by atoms with Gasteiger partial charge in [0.15, 0.2) is 0 Å². The second-order valence-electron chi connectivity index (χ2n) is 3.87. The Labute approximate surface area is 86.5 Å². The van der Waals surface area contributed by atoms with Crippen molar-refractivity contribution in [3.63, 3.8) is 0 Å². The second kappa shape index (κ2) is 3.92. The minimum atomic E-state index is -3.11. The minimum Gasteiger partial charge on any atom is -0.212 e. The van der Waals surface area contributed by atoms with Crippen molar-refractivity contribution in [1.29, 1.82) is 0 Å². The molecule has 0 aromatic carbocycles. The first-order valence-electron chi connectivity index (χ1n) is 4.94. The third-order valence-corrected chi connectivity index (χ3v) is 4.96. The molecular formula is C10H17NO2S.